The molecule has 0 bridgehead atoms. The van der Waals surface area contributed by atoms with Gasteiger partial charge >= 0.3 is 0 Å². The predicted molar refractivity (Wildman–Crippen MR) is 70.6 cm³/mol. The van der Waals surface area contributed by atoms with Crippen molar-refractivity contribution in [3.05, 3.63) is 60.2 Å². The Labute approximate surface area is 104 Å². The van der Waals surface area contributed by atoms with Gasteiger partial charge in [-0.3, -0.25) is 0 Å². The van der Waals surface area contributed by atoms with Crippen LogP contribution in [0.1, 0.15) is 11.7 Å². The molecule has 0 aliphatic rings. The van der Waals surface area contributed by atoms with Crippen molar-refractivity contribution in [1.82, 2.24) is 0 Å². The van der Waals surface area contributed by atoms with Crippen LogP contribution in [0, 0.1) is 0 Å². The molecule has 0 aromatic heterocycles. The number of alkyl halides is 1. The molecule has 0 unspecified atom stereocenters. The topological polar surface area (TPSA) is 20.2 Å². The number of aliphatic hydroxyl groups is 1. The SMILES string of the molecule is O[C@H](CBr)c1ccc(-c2ccccc2)cc1. The van der Waals surface area contributed by atoms with Crippen molar-refractivity contribution in [3.63, 3.8) is 0 Å². The molecule has 2 aromatic carbocycles. The van der Waals surface area contributed by atoms with Gasteiger partial charge in [0.2, 0.25) is 0 Å². The summed E-state index contributed by atoms with van der Waals surface area (Å²) in [6.07, 6.45) is -0.426. The van der Waals surface area contributed by atoms with E-state index in [1.807, 2.05) is 42.5 Å². The van der Waals surface area contributed by atoms with Crippen LogP contribution in [0.5, 0.6) is 0 Å². The summed E-state index contributed by atoms with van der Waals surface area (Å²) >= 11 is 3.26. The summed E-state index contributed by atoms with van der Waals surface area (Å²) in [5.74, 6) is 0. The minimum atomic E-state index is -0.426. The molecule has 2 rings (SSSR count). The third kappa shape index (κ3) is 2.52. The van der Waals surface area contributed by atoms with Crippen molar-refractivity contribution in [2.75, 3.05) is 5.33 Å². The zero-order valence-electron chi connectivity index (χ0n) is 8.81. The Balaban J connectivity index is 2.26. The fraction of sp³-hybridized carbons (Fsp3) is 0.143. The first kappa shape index (κ1) is 11.4. The second-order valence-corrected chi connectivity index (χ2v) is 4.31. The molecule has 2 aromatic rings. The van der Waals surface area contributed by atoms with Gasteiger partial charge in [-0.2, -0.15) is 0 Å². The van der Waals surface area contributed by atoms with Crippen LogP contribution < -0.4 is 0 Å². The van der Waals surface area contributed by atoms with Gasteiger partial charge in [-0.15, -0.1) is 0 Å². The van der Waals surface area contributed by atoms with Gasteiger partial charge in [-0.05, 0) is 16.7 Å². The molecule has 0 aliphatic heterocycles. The molecular weight excluding hydrogens is 264 g/mol. The lowest BCUT2D eigenvalue weighted by molar-refractivity contribution is 0.205. The molecule has 0 saturated carbocycles. The molecule has 0 spiro atoms. The first-order chi connectivity index (χ1) is 7.81. The van der Waals surface area contributed by atoms with Gasteiger partial charge in [-0.1, -0.05) is 70.5 Å². The number of hydrogen-bond donors (Lipinski definition) is 1. The van der Waals surface area contributed by atoms with Crippen LogP contribution in [0.3, 0.4) is 0 Å². The van der Waals surface area contributed by atoms with Crippen LogP contribution >= 0.6 is 15.9 Å². The van der Waals surface area contributed by atoms with E-state index in [-0.39, 0.29) is 0 Å². The maximum atomic E-state index is 9.64. The summed E-state index contributed by atoms with van der Waals surface area (Å²) < 4.78 is 0. The van der Waals surface area contributed by atoms with Gasteiger partial charge in [0.1, 0.15) is 0 Å². The van der Waals surface area contributed by atoms with E-state index >= 15 is 0 Å². The molecule has 0 amide bonds. The summed E-state index contributed by atoms with van der Waals surface area (Å²) in [7, 11) is 0. The van der Waals surface area contributed by atoms with E-state index < -0.39 is 6.10 Å². The predicted octanol–water partition coefficient (Wildman–Crippen LogP) is 3.78. The zero-order valence-corrected chi connectivity index (χ0v) is 10.4. The van der Waals surface area contributed by atoms with E-state index in [1.54, 1.807) is 0 Å². The highest BCUT2D eigenvalue weighted by Gasteiger charge is 2.05. The normalized spacial score (nSPS) is 12.4. The number of hydrogen-bond acceptors (Lipinski definition) is 1. The minimum Gasteiger partial charge on any atom is -0.388 e. The molecule has 82 valence electrons. The maximum Gasteiger partial charge on any atom is 0.0886 e. The summed E-state index contributed by atoms with van der Waals surface area (Å²) in [5, 5.41) is 10.2. The second kappa shape index (κ2) is 5.28. The van der Waals surface area contributed by atoms with Crippen molar-refractivity contribution >= 4 is 15.9 Å². The van der Waals surface area contributed by atoms with Gasteiger partial charge in [0.25, 0.3) is 0 Å². The van der Waals surface area contributed by atoms with E-state index in [1.165, 1.54) is 11.1 Å². The van der Waals surface area contributed by atoms with Crippen molar-refractivity contribution in [3.8, 4) is 11.1 Å². The molecule has 16 heavy (non-hydrogen) atoms. The fourth-order valence-corrected chi connectivity index (χ4v) is 1.99. The van der Waals surface area contributed by atoms with Crippen LogP contribution in [0.4, 0.5) is 0 Å². The third-order valence-electron chi connectivity index (χ3n) is 2.55. The molecule has 0 fully saturated rings. The lowest BCUT2D eigenvalue weighted by Gasteiger charge is -2.08. The average molecular weight is 277 g/mol. The average Bonchev–Trinajstić information content (AvgIpc) is 2.39. The summed E-state index contributed by atoms with van der Waals surface area (Å²) in [4.78, 5) is 0. The molecule has 2 heteroatoms. The zero-order chi connectivity index (χ0) is 11.4. The van der Waals surface area contributed by atoms with E-state index in [0.717, 1.165) is 5.56 Å². The van der Waals surface area contributed by atoms with E-state index in [2.05, 4.69) is 28.1 Å². The summed E-state index contributed by atoms with van der Waals surface area (Å²) in [6, 6.07) is 18.2. The van der Waals surface area contributed by atoms with E-state index in [9.17, 15) is 5.11 Å². The summed E-state index contributed by atoms with van der Waals surface area (Å²) in [6.45, 7) is 0. The lowest BCUT2D eigenvalue weighted by Crippen LogP contribution is -1.97. The van der Waals surface area contributed by atoms with E-state index in [0.29, 0.717) is 5.33 Å². The van der Waals surface area contributed by atoms with Crippen molar-refractivity contribution < 1.29 is 5.11 Å². The quantitative estimate of drug-likeness (QED) is 0.846. The smallest absolute Gasteiger partial charge is 0.0886 e. The Morgan fingerprint density at radius 3 is 2.00 bits per heavy atom. The van der Waals surface area contributed by atoms with Crippen LogP contribution in [0.15, 0.2) is 54.6 Å². The standard InChI is InChI=1S/C14H13BrO/c15-10-14(16)13-8-6-12(7-9-13)11-4-2-1-3-5-11/h1-9,14,16H,10H2/t14-/m1/s1. The molecule has 1 nitrogen and oxygen atoms in total. The molecular formula is C14H13BrO. The third-order valence-corrected chi connectivity index (χ3v) is 3.16. The van der Waals surface area contributed by atoms with Crippen LogP contribution in [0.25, 0.3) is 11.1 Å². The van der Waals surface area contributed by atoms with Gasteiger partial charge in [0.15, 0.2) is 0 Å². The highest BCUT2D eigenvalue weighted by Crippen LogP contribution is 2.22. The van der Waals surface area contributed by atoms with Gasteiger partial charge in [-0.25, -0.2) is 0 Å². The second-order valence-electron chi connectivity index (χ2n) is 3.66. The van der Waals surface area contributed by atoms with Crippen LogP contribution in [0.2, 0.25) is 0 Å². The first-order valence-corrected chi connectivity index (χ1v) is 6.33. The maximum absolute atomic E-state index is 9.64. The number of benzene rings is 2. The molecule has 1 N–H and O–H groups in total. The molecule has 0 aliphatic carbocycles. The van der Waals surface area contributed by atoms with E-state index in [4.69, 9.17) is 0 Å². The lowest BCUT2D eigenvalue weighted by atomic mass is 10.0. The van der Waals surface area contributed by atoms with Crippen molar-refractivity contribution in [2.24, 2.45) is 0 Å². The van der Waals surface area contributed by atoms with Gasteiger partial charge in [0.05, 0.1) is 6.10 Å². The number of rotatable bonds is 3. The summed E-state index contributed by atoms with van der Waals surface area (Å²) in [5.41, 5.74) is 3.31. The number of aliphatic hydroxyl groups excluding tert-OH is 1. The Kier molecular flexibility index (Phi) is 3.75. The van der Waals surface area contributed by atoms with Crippen LogP contribution in [-0.2, 0) is 0 Å². The fourth-order valence-electron chi connectivity index (χ4n) is 1.62. The largest absolute Gasteiger partial charge is 0.388 e. The van der Waals surface area contributed by atoms with Crippen molar-refractivity contribution in [2.45, 2.75) is 6.10 Å². The monoisotopic (exact) mass is 276 g/mol. The van der Waals surface area contributed by atoms with Gasteiger partial charge < -0.3 is 5.11 Å². The molecule has 0 saturated heterocycles. The number of halogens is 1. The molecule has 1 atom stereocenters. The highest BCUT2D eigenvalue weighted by molar-refractivity contribution is 9.09. The molecule has 0 radical (unpaired) electrons. The Morgan fingerprint density at radius 1 is 0.875 bits per heavy atom. The van der Waals surface area contributed by atoms with Crippen LogP contribution in [-0.4, -0.2) is 10.4 Å². The Bertz CT molecular complexity index is 436. The highest BCUT2D eigenvalue weighted by atomic mass is 79.9. The van der Waals surface area contributed by atoms with Crippen molar-refractivity contribution in [1.29, 1.82) is 0 Å². The first-order valence-electron chi connectivity index (χ1n) is 5.20. The Morgan fingerprint density at radius 2 is 1.44 bits per heavy atom. The minimum absolute atomic E-state index is 0.426. The molecule has 0 heterocycles. The Hall–Kier alpha value is -1.12. The van der Waals surface area contributed by atoms with Gasteiger partial charge in [0, 0.05) is 5.33 Å².